The highest BCUT2D eigenvalue weighted by molar-refractivity contribution is 5.22. The fourth-order valence-corrected chi connectivity index (χ4v) is 2.55. The number of ether oxygens (including phenoxy) is 2. The lowest BCUT2D eigenvalue weighted by molar-refractivity contribution is -0.237. The number of nitrogens with one attached hydrogen (secondary N) is 1. The van der Waals surface area contributed by atoms with E-state index in [4.69, 9.17) is 9.47 Å². The van der Waals surface area contributed by atoms with Crippen LogP contribution in [0, 0.1) is 11.6 Å². The largest absolute Gasteiger partial charge is 0.375 e. The zero-order valence-electron chi connectivity index (χ0n) is 9.92. The normalized spacial score (nSPS) is 26.0. The molecule has 2 heterocycles. The molecule has 2 fully saturated rings. The minimum absolute atomic E-state index is 0.105. The highest BCUT2D eigenvalue weighted by Crippen LogP contribution is 2.31. The maximum Gasteiger partial charge on any atom is 0.130 e. The maximum absolute atomic E-state index is 13.6. The van der Waals surface area contributed by atoms with Crippen molar-refractivity contribution in [3.63, 3.8) is 0 Å². The molecule has 1 atom stereocenters. The minimum atomic E-state index is -0.502. The van der Waals surface area contributed by atoms with Crippen molar-refractivity contribution in [3.05, 3.63) is 35.4 Å². The molecule has 0 radical (unpaired) electrons. The second-order valence-electron chi connectivity index (χ2n) is 4.82. The summed E-state index contributed by atoms with van der Waals surface area (Å²) in [6.45, 7) is 2.28. The number of hydrogen-bond donors (Lipinski definition) is 1. The van der Waals surface area contributed by atoms with Crippen LogP contribution in [0.3, 0.4) is 0 Å². The first kappa shape index (κ1) is 12.0. The van der Waals surface area contributed by atoms with Crippen LogP contribution in [0.5, 0.6) is 0 Å². The Kier molecular flexibility index (Phi) is 3.05. The standard InChI is InChI=1S/C13H15F2NO2/c14-10-2-1-3-11(15)9(10)6-12-13(7-17-8-13)18-5-4-16-12/h1-3,12,16H,4-8H2. The Hall–Kier alpha value is -1.04. The molecule has 2 saturated heterocycles. The van der Waals surface area contributed by atoms with Crippen LogP contribution in [0.15, 0.2) is 18.2 Å². The number of halogens is 2. The summed E-state index contributed by atoms with van der Waals surface area (Å²) in [4.78, 5) is 0. The predicted molar refractivity (Wildman–Crippen MR) is 61.4 cm³/mol. The van der Waals surface area contributed by atoms with Gasteiger partial charge in [0.2, 0.25) is 0 Å². The third-order valence-electron chi connectivity index (χ3n) is 3.68. The molecule has 2 aliphatic rings. The van der Waals surface area contributed by atoms with Gasteiger partial charge in [-0.2, -0.15) is 0 Å². The van der Waals surface area contributed by atoms with E-state index in [-0.39, 0.29) is 18.0 Å². The average molecular weight is 255 g/mol. The van der Waals surface area contributed by atoms with Crippen LogP contribution in [0.2, 0.25) is 0 Å². The van der Waals surface area contributed by atoms with Crippen molar-refractivity contribution in [2.45, 2.75) is 18.1 Å². The van der Waals surface area contributed by atoms with E-state index in [1.54, 1.807) is 0 Å². The SMILES string of the molecule is Fc1cccc(F)c1CC1NCCOC12COC2. The van der Waals surface area contributed by atoms with Crippen LogP contribution in [0.1, 0.15) is 5.56 Å². The molecular formula is C13H15F2NO2. The molecule has 1 unspecified atom stereocenters. The molecule has 0 aliphatic carbocycles. The van der Waals surface area contributed by atoms with Gasteiger partial charge in [-0.15, -0.1) is 0 Å². The number of rotatable bonds is 2. The molecule has 0 amide bonds. The molecule has 1 N–H and O–H groups in total. The van der Waals surface area contributed by atoms with Crippen LogP contribution < -0.4 is 5.32 Å². The Morgan fingerprint density at radius 2 is 2.00 bits per heavy atom. The van der Waals surface area contributed by atoms with Crippen molar-refractivity contribution < 1.29 is 18.3 Å². The molecule has 98 valence electrons. The van der Waals surface area contributed by atoms with E-state index >= 15 is 0 Å². The van der Waals surface area contributed by atoms with Crippen molar-refractivity contribution >= 4 is 0 Å². The second-order valence-corrected chi connectivity index (χ2v) is 4.82. The van der Waals surface area contributed by atoms with Gasteiger partial charge < -0.3 is 14.8 Å². The number of benzene rings is 1. The summed E-state index contributed by atoms with van der Waals surface area (Å²) in [5.41, 5.74) is -0.292. The Balaban J connectivity index is 1.82. The summed E-state index contributed by atoms with van der Waals surface area (Å²) in [5, 5.41) is 3.28. The molecule has 3 nitrogen and oxygen atoms in total. The van der Waals surface area contributed by atoms with Crippen molar-refractivity contribution in [3.8, 4) is 0 Å². The van der Waals surface area contributed by atoms with Gasteiger partial charge in [-0.1, -0.05) is 6.07 Å². The van der Waals surface area contributed by atoms with Crippen molar-refractivity contribution in [1.29, 1.82) is 0 Å². The van der Waals surface area contributed by atoms with E-state index in [9.17, 15) is 8.78 Å². The van der Waals surface area contributed by atoms with E-state index in [0.29, 0.717) is 26.4 Å². The lowest BCUT2D eigenvalue weighted by Crippen LogP contribution is -2.68. The molecule has 18 heavy (non-hydrogen) atoms. The Morgan fingerprint density at radius 1 is 1.28 bits per heavy atom. The molecule has 1 aromatic rings. The molecule has 1 spiro atoms. The molecule has 2 aliphatic heterocycles. The third kappa shape index (κ3) is 1.92. The smallest absolute Gasteiger partial charge is 0.130 e. The summed E-state index contributed by atoms with van der Waals surface area (Å²) >= 11 is 0. The highest BCUT2D eigenvalue weighted by atomic mass is 19.1. The predicted octanol–water partition coefficient (Wildman–Crippen LogP) is 1.26. The van der Waals surface area contributed by atoms with Gasteiger partial charge in [-0.05, 0) is 18.6 Å². The molecule has 0 bridgehead atoms. The van der Waals surface area contributed by atoms with Gasteiger partial charge in [0.1, 0.15) is 17.2 Å². The van der Waals surface area contributed by atoms with Crippen LogP contribution in [0.4, 0.5) is 8.78 Å². The van der Waals surface area contributed by atoms with Gasteiger partial charge >= 0.3 is 0 Å². The van der Waals surface area contributed by atoms with Crippen LogP contribution in [-0.2, 0) is 15.9 Å². The summed E-state index contributed by atoms with van der Waals surface area (Å²) in [6, 6.07) is 3.84. The van der Waals surface area contributed by atoms with E-state index in [0.717, 1.165) is 0 Å². The Labute approximate surface area is 104 Å². The first-order valence-corrected chi connectivity index (χ1v) is 6.09. The van der Waals surface area contributed by atoms with Gasteiger partial charge in [0.15, 0.2) is 0 Å². The van der Waals surface area contributed by atoms with Crippen molar-refractivity contribution in [2.24, 2.45) is 0 Å². The second kappa shape index (κ2) is 4.57. The lowest BCUT2D eigenvalue weighted by atomic mass is 9.86. The topological polar surface area (TPSA) is 30.5 Å². The minimum Gasteiger partial charge on any atom is -0.375 e. The fraction of sp³-hybridized carbons (Fsp3) is 0.538. The number of hydrogen-bond acceptors (Lipinski definition) is 3. The zero-order chi connectivity index (χ0) is 12.6. The quantitative estimate of drug-likeness (QED) is 0.863. The molecular weight excluding hydrogens is 240 g/mol. The van der Waals surface area contributed by atoms with E-state index in [1.807, 2.05) is 0 Å². The highest BCUT2D eigenvalue weighted by Gasteiger charge is 2.48. The summed E-state index contributed by atoms with van der Waals surface area (Å²) in [7, 11) is 0. The lowest BCUT2D eigenvalue weighted by Gasteiger charge is -2.49. The van der Waals surface area contributed by atoms with Crippen LogP contribution >= 0.6 is 0 Å². The summed E-state index contributed by atoms with van der Waals surface area (Å²) in [5.74, 6) is -1.00. The monoisotopic (exact) mass is 255 g/mol. The van der Waals surface area contributed by atoms with Gasteiger partial charge in [-0.3, -0.25) is 0 Å². The first-order valence-electron chi connectivity index (χ1n) is 6.09. The fourth-order valence-electron chi connectivity index (χ4n) is 2.55. The van der Waals surface area contributed by atoms with Crippen LogP contribution in [-0.4, -0.2) is 38.0 Å². The van der Waals surface area contributed by atoms with Crippen LogP contribution in [0.25, 0.3) is 0 Å². The Morgan fingerprint density at radius 3 is 2.61 bits per heavy atom. The molecule has 1 aromatic carbocycles. The molecule has 0 saturated carbocycles. The molecule has 5 heteroatoms. The summed E-state index contributed by atoms with van der Waals surface area (Å²) in [6.07, 6.45) is 0.280. The molecule has 0 aromatic heterocycles. The van der Waals surface area contributed by atoms with Gasteiger partial charge in [0.25, 0.3) is 0 Å². The van der Waals surface area contributed by atoms with E-state index in [2.05, 4.69) is 5.32 Å². The van der Waals surface area contributed by atoms with E-state index in [1.165, 1.54) is 18.2 Å². The van der Waals surface area contributed by atoms with Crippen molar-refractivity contribution in [2.75, 3.05) is 26.4 Å². The number of morpholine rings is 1. The van der Waals surface area contributed by atoms with Gasteiger partial charge in [-0.25, -0.2) is 8.78 Å². The zero-order valence-corrected chi connectivity index (χ0v) is 9.92. The molecule has 3 rings (SSSR count). The third-order valence-corrected chi connectivity index (χ3v) is 3.68. The maximum atomic E-state index is 13.6. The first-order chi connectivity index (χ1) is 8.71. The average Bonchev–Trinajstić information content (AvgIpc) is 2.32. The Bertz CT molecular complexity index is 428. The summed E-state index contributed by atoms with van der Waals surface area (Å²) < 4.78 is 38.2. The van der Waals surface area contributed by atoms with Crippen molar-refractivity contribution in [1.82, 2.24) is 5.32 Å². The van der Waals surface area contributed by atoms with Gasteiger partial charge in [0, 0.05) is 18.2 Å². The van der Waals surface area contributed by atoms with E-state index < -0.39 is 17.2 Å². The van der Waals surface area contributed by atoms with Gasteiger partial charge in [0.05, 0.1) is 19.8 Å².